The van der Waals surface area contributed by atoms with Crippen LogP contribution in [0.2, 0.25) is 0 Å². The van der Waals surface area contributed by atoms with Gasteiger partial charge >= 0.3 is 0 Å². The minimum absolute atomic E-state index is 0.187. The summed E-state index contributed by atoms with van der Waals surface area (Å²) in [5, 5.41) is 8.19. The van der Waals surface area contributed by atoms with Crippen LogP contribution in [-0.2, 0) is 0 Å². The molecule has 0 saturated heterocycles. The molecule has 0 radical (unpaired) electrons. The molecule has 134 valence electrons. The summed E-state index contributed by atoms with van der Waals surface area (Å²) in [6.45, 7) is 1.83. The van der Waals surface area contributed by atoms with E-state index >= 15 is 0 Å². The molecule has 1 N–H and O–H groups in total. The molecule has 6 nitrogen and oxygen atoms in total. The Labute approximate surface area is 155 Å². The van der Waals surface area contributed by atoms with E-state index in [9.17, 15) is 9.59 Å². The standard InChI is InChI=1S/C21H17N3O3/c1-14(18-12-7-13-27-18)22-20(25)19-16-10-5-6-11-17(16)21(26)24(23-19)15-8-3-2-4-9-15/h2-14H,1H3,(H,22,25)/t14-/m1/s1. The van der Waals surface area contributed by atoms with E-state index in [4.69, 9.17) is 4.42 Å². The van der Waals surface area contributed by atoms with E-state index in [2.05, 4.69) is 10.4 Å². The molecule has 0 spiro atoms. The largest absolute Gasteiger partial charge is 0.467 e. The Morgan fingerprint density at radius 1 is 1.00 bits per heavy atom. The summed E-state index contributed by atoms with van der Waals surface area (Å²) in [6.07, 6.45) is 1.56. The molecule has 0 bridgehead atoms. The molecule has 0 saturated carbocycles. The minimum Gasteiger partial charge on any atom is -0.467 e. The van der Waals surface area contributed by atoms with Crippen molar-refractivity contribution in [3.63, 3.8) is 0 Å². The number of para-hydroxylation sites is 1. The van der Waals surface area contributed by atoms with Crippen LogP contribution in [-0.4, -0.2) is 15.7 Å². The van der Waals surface area contributed by atoms with Gasteiger partial charge in [-0.1, -0.05) is 36.4 Å². The summed E-state index contributed by atoms with van der Waals surface area (Å²) in [5.74, 6) is 0.267. The van der Waals surface area contributed by atoms with Gasteiger partial charge in [0.2, 0.25) is 0 Å². The van der Waals surface area contributed by atoms with Crippen LogP contribution < -0.4 is 10.9 Å². The van der Waals surface area contributed by atoms with Gasteiger partial charge < -0.3 is 9.73 Å². The molecule has 1 atom stereocenters. The Kier molecular flexibility index (Phi) is 4.30. The lowest BCUT2D eigenvalue weighted by Gasteiger charge is -2.14. The summed E-state index contributed by atoms with van der Waals surface area (Å²) in [4.78, 5) is 25.8. The highest BCUT2D eigenvalue weighted by Crippen LogP contribution is 2.17. The van der Waals surface area contributed by atoms with Gasteiger partial charge in [-0.3, -0.25) is 9.59 Å². The lowest BCUT2D eigenvalue weighted by atomic mass is 10.1. The molecule has 1 amide bonds. The maximum Gasteiger partial charge on any atom is 0.279 e. The van der Waals surface area contributed by atoms with Gasteiger partial charge in [-0.05, 0) is 37.3 Å². The van der Waals surface area contributed by atoms with Gasteiger partial charge in [0.15, 0.2) is 5.69 Å². The second-order valence-electron chi connectivity index (χ2n) is 6.16. The topological polar surface area (TPSA) is 77.1 Å². The van der Waals surface area contributed by atoms with Crippen LogP contribution in [0.1, 0.15) is 29.2 Å². The number of amides is 1. The molecule has 2 heterocycles. The number of hydrogen-bond acceptors (Lipinski definition) is 4. The molecule has 2 aromatic carbocycles. The van der Waals surface area contributed by atoms with Crippen molar-refractivity contribution in [3.8, 4) is 5.69 Å². The SMILES string of the molecule is C[C@@H](NC(=O)c1nn(-c2ccccc2)c(=O)c2ccccc12)c1ccco1. The first-order valence-electron chi connectivity index (χ1n) is 8.57. The first kappa shape index (κ1) is 16.8. The molecule has 0 unspecified atom stereocenters. The zero-order chi connectivity index (χ0) is 18.8. The number of rotatable bonds is 4. The molecule has 2 aromatic heterocycles. The molecule has 27 heavy (non-hydrogen) atoms. The van der Waals surface area contributed by atoms with Gasteiger partial charge in [-0.25, -0.2) is 0 Å². The van der Waals surface area contributed by atoms with Crippen LogP contribution in [0.25, 0.3) is 16.5 Å². The van der Waals surface area contributed by atoms with E-state index in [0.717, 1.165) is 0 Å². The van der Waals surface area contributed by atoms with Gasteiger partial charge in [-0.2, -0.15) is 9.78 Å². The Hall–Kier alpha value is -3.67. The summed E-state index contributed by atoms with van der Waals surface area (Å²) >= 11 is 0. The first-order valence-corrected chi connectivity index (χ1v) is 8.57. The third kappa shape index (κ3) is 3.13. The minimum atomic E-state index is -0.375. The van der Waals surface area contributed by atoms with E-state index in [0.29, 0.717) is 22.2 Å². The van der Waals surface area contributed by atoms with Gasteiger partial charge in [-0.15, -0.1) is 0 Å². The van der Waals surface area contributed by atoms with E-state index in [1.54, 1.807) is 54.8 Å². The molecule has 6 heteroatoms. The van der Waals surface area contributed by atoms with E-state index in [1.165, 1.54) is 4.68 Å². The third-order valence-electron chi connectivity index (χ3n) is 4.34. The molecular weight excluding hydrogens is 342 g/mol. The van der Waals surface area contributed by atoms with Gasteiger partial charge in [0.05, 0.1) is 23.4 Å². The number of nitrogens with one attached hydrogen (secondary N) is 1. The predicted octanol–water partition coefficient (Wildman–Crippen LogP) is 3.47. The molecule has 4 aromatic rings. The van der Waals surface area contributed by atoms with Gasteiger partial charge in [0.1, 0.15) is 5.76 Å². The molecule has 0 fully saturated rings. The van der Waals surface area contributed by atoms with Gasteiger partial charge in [0.25, 0.3) is 11.5 Å². The number of fused-ring (bicyclic) bond motifs is 1. The zero-order valence-electron chi connectivity index (χ0n) is 14.6. The highest BCUT2D eigenvalue weighted by molar-refractivity contribution is 6.05. The Balaban J connectivity index is 1.83. The maximum absolute atomic E-state index is 12.9. The first-order chi connectivity index (χ1) is 13.1. The Morgan fingerprint density at radius 3 is 2.41 bits per heavy atom. The van der Waals surface area contributed by atoms with Crippen LogP contribution in [0.3, 0.4) is 0 Å². The number of benzene rings is 2. The quantitative estimate of drug-likeness (QED) is 0.605. The van der Waals surface area contributed by atoms with E-state index in [1.807, 2.05) is 25.1 Å². The lowest BCUT2D eigenvalue weighted by molar-refractivity contribution is 0.0930. The average Bonchev–Trinajstić information content (AvgIpc) is 3.24. The highest BCUT2D eigenvalue weighted by atomic mass is 16.3. The third-order valence-corrected chi connectivity index (χ3v) is 4.34. The maximum atomic E-state index is 12.9. The van der Waals surface area contributed by atoms with Crippen LogP contribution >= 0.6 is 0 Å². The van der Waals surface area contributed by atoms with Crippen molar-refractivity contribution in [1.82, 2.24) is 15.1 Å². The van der Waals surface area contributed by atoms with Gasteiger partial charge in [0, 0.05) is 5.39 Å². The van der Waals surface area contributed by atoms with Crippen molar-refractivity contribution in [2.24, 2.45) is 0 Å². The van der Waals surface area contributed by atoms with Crippen molar-refractivity contribution < 1.29 is 9.21 Å². The highest BCUT2D eigenvalue weighted by Gasteiger charge is 2.20. The molecule has 0 aliphatic rings. The second kappa shape index (κ2) is 6.92. The van der Waals surface area contributed by atoms with Crippen LogP contribution in [0.5, 0.6) is 0 Å². The Morgan fingerprint density at radius 2 is 1.70 bits per heavy atom. The monoisotopic (exact) mass is 359 g/mol. The number of nitrogens with zero attached hydrogens (tertiary/aromatic N) is 2. The number of carbonyl (C=O) groups excluding carboxylic acids is 1. The van der Waals surface area contributed by atoms with Crippen molar-refractivity contribution in [2.75, 3.05) is 0 Å². The van der Waals surface area contributed by atoms with E-state index < -0.39 is 0 Å². The predicted molar refractivity (Wildman–Crippen MR) is 102 cm³/mol. The normalized spacial score (nSPS) is 12.0. The van der Waals surface area contributed by atoms with Crippen LogP contribution in [0.15, 0.2) is 82.2 Å². The van der Waals surface area contributed by atoms with Crippen molar-refractivity contribution in [2.45, 2.75) is 13.0 Å². The number of hydrogen-bond donors (Lipinski definition) is 1. The lowest BCUT2D eigenvalue weighted by Crippen LogP contribution is -2.31. The smallest absolute Gasteiger partial charge is 0.279 e. The summed E-state index contributed by atoms with van der Waals surface area (Å²) in [7, 11) is 0. The number of furan rings is 1. The summed E-state index contributed by atoms with van der Waals surface area (Å²) in [6, 6.07) is 19.2. The van der Waals surface area contributed by atoms with Crippen molar-refractivity contribution in [1.29, 1.82) is 0 Å². The number of aromatic nitrogens is 2. The molecule has 0 aliphatic carbocycles. The van der Waals surface area contributed by atoms with E-state index in [-0.39, 0.29) is 23.2 Å². The van der Waals surface area contributed by atoms with Crippen LogP contribution in [0, 0.1) is 0 Å². The zero-order valence-corrected chi connectivity index (χ0v) is 14.6. The summed E-state index contributed by atoms with van der Waals surface area (Å²) < 4.78 is 6.60. The average molecular weight is 359 g/mol. The van der Waals surface area contributed by atoms with Crippen LogP contribution in [0.4, 0.5) is 0 Å². The number of carbonyl (C=O) groups is 1. The fourth-order valence-corrected chi connectivity index (χ4v) is 2.98. The summed E-state index contributed by atoms with van der Waals surface area (Å²) in [5.41, 5.74) is 0.515. The fourth-order valence-electron chi connectivity index (χ4n) is 2.98. The Bertz CT molecular complexity index is 1150. The molecule has 4 rings (SSSR count). The second-order valence-corrected chi connectivity index (χ2v) is 6.16. The molecular formula is C21H17N3O3. The fraction of sp³-hybridized carbons (Fsp3) is 0.0952. The van der Waals surface area contributed by atoms with Crippen molar-refractivity contribution in [3.05, 3.63) is 94.8 Å². The molecule has 0 aliphatic heterocycles. The van der Waals surface area contributed by atoms with Crippen molar-refractivity contribution >= 4 is 16.7 Å².